The molecule has 0 spiro atoms. The molecule has 0 bridgehead atoms. The molecular weight excluding hydrogens is 318 g/mol. The fourth-order valence-corrected chi connectivity index (χ4v) is 3.14. The number of carboxylic acids is 1. The van der Waals surface area contributed by atoms with E-state index in [9.17, 15) is 9.59 Å². The highest BCUT2D eigenvalue weighted by Crippen LogP contribution is 2.20. The van der Waals surface area contributed by atoms with Crippen molar-refractivity contribution < 1.29 is 14.7 Å². The van der Waals surface area contributed by atoms with Crippen LogP contribution in [0, 0.1) is 19.8 Å². The van der Waals surface area contributed by atoms with Crippen LogP contribution in [-0.4, -0.2) is 44.8 Å². The second kappa shape index (κ2) is 6.93. The van der Waals surface area contributed by atoms with Gasteiger partial charge in [0.05, 0.1) is 17.3 Å². The zero-order chi connectivity index (χ0) is 18.0. The van der Waals surface area contributed by atoms with Crippen molar-refractivity contribution in [1.29, 1.82) is 0 Å². The molecule has 2 heterocycles. The van der Waals surface area contributed by atoms with Gasteiger partial charge in [-0.15, -0.1) is 0 Å². The molecule has 130 valence electrons. The average Bonchev–Trinajstić information content (AvgIpc) is 3.20. The third-order valence-electron chi connectivity index (χ3n) is 4.59. The Hall–Kier alpha value is -2.89. The molecule has 1 N–H and O–H groups in total. The van der Waals surface area contributed by atoms with Crippen molar-refractivity contribution >= 4 is 18.0 Å². The van der Waals surface area contributed by atoms with Crippen LogP contribution in [0.15, 0.2) is 36.4 Å². The van der Waals surface area contributed by atoms with Gasteiger partial charge in [0.15, 0.2) is 0 Å². The lowest BCUT2D eigenvalue weighted by molar-refractivity contribution is -0.141. The summed E-state index contributed by atoms with van der Waals surface area (Å²) < 4.78 is 1.86. The molecule has 25 heavy (non-hydrogen) atoms. The molecule has 1 saturated heterocycles. The Morgan fingerprint density at radius 1 is 1.24 bits per heavy atom. The normalized spacial score (nSPS) is 17.4. The monoisotopic (exact) mass is 339 g/mol. The largest absolute Gasteiger partial charge is 0.481 e. The molecule has 0 aliphatic carbocycles. The van der Waals surface area contributed by atoms with E-state index in [1.165, 1.54) is 6.08 Å². The highest BCUT2D eigenvalue weighted by molar-refractivity contribution is 5.92. The zero-order valence-electron chi connectivity index (χ0n) is 14.3. The molecule has 0 saturated carbocycles. The summed E-state index contributed by atoms with van der Waals surface area (Å²) in [6.07, 6.45) is 3.79. The number of hydrogen-bond acceptors (Lipinski definition) is 3. The number of aryl methyl sites for hydroxylation is 1. The average molecular weight is 339 g/mol. The van der Waals surface area contributed by atoms with Crippen LogP contribution in [0.2, 0.25) is 0 Å². The van der Waals surface area contributed by atoms with E-state index >= 15 is 0 Å². The van der Waals surface area contributed by atoms with E-state index in [4.69, 9.17) is 5.11 Å². The first-order chi connectivity index (χ1) is 12.0. The van der Waals surface area contributed by atoms with Crippen molar-refractivity contribution in [2.24, 2.45) is 5.92 Å². The van der Waals surface area contributed by atoms with Crippen molar-refractivity contribution in [2.75, 3.05) is 13.1 Å². The summed E-state index contributed by atoms with van der Waals surface area (Å²) in [5, 5.41) is 13.6. The molecule has 1 amide bonds. The molecule has 1 unspecified atom stereocenters. The van der Waals surface area contributed by atoms with Crippen molar-refractivity contribution in [3.05, 3.63) is 53.4 Å². The first-order valence-electron chi connectivity index (χ1n) is 8.29. The number of aromatic nitrogens is 2. The van der Waals surface area contributed by atoms with Crippen LogP contribution in [-0.2, 0) is 9.59 Å². The molecular formula is C19H21N3O3. The van der Waals surface area contributed by atoms with Gasteiger partial charge in [-0.3, -0.25) is 9.59 Å². The summed E-state index contributed by atoms with van der Waals surface area (Å²) in [5.74, 6) is -1.45. The fourth-order valence-electron chi connectivity index (χ4n) is 3.14. The van der Waals surface area contributed by atoms with Gasteiger partial charge in [-0.05, 0) is 38.5 Å². The molecule has 0 radical (unpaired) electrons. The number of hydrogen-bond donors (Lipinski definition) is 1. The highest BCUT2D eigenvalue weighted by Gasteiger charge is 2.29. The minimum absolute atomic E-state index is 0.157. The minimum Gasteiger partial charge on any atom is -0.481 e. The number of carbonyl (C=O) groups is 2. The summed E-state index contributed by atoms with van der Waals surface area (Å²) in [4.78, 5) is 24.9. The first-order valence-corrected chi connectivity index (χ1v) is 8.29. The summed E-state index contributed by atoms with van der Waals surface area (Å²) in [6.45, 7) is 4.64. The third kappa shape index (κ3) is 3.47. The van der Waals surface area contributed by atoms with Crippen molar-refractivity contribution in [3.63, 3.8) is 0 Å². The van der Waals surface area contributed by atoms with Gasteiger partial charge < -0.3 is 10.0 Å². The van der Waals surface area contributed by atoms with Gasteiger partial charge in [-0.25, -0.2) is 4.68 Å². The van der Waals surface area contributed by atoms with Gasteiger partial charge in [0.25, 0.3) is 0 Å². The van der Waals surface area contributed by atoms with E-state index in [1.807, 2.05) is 48.9 Å². The molecule has 1 atom stereocenters. The maximum atomic E-state index is 12.3. The van der Waals surface area contributed by atoms with E-state index in [0.29, 0.717) is 13.0 Å². The summed E-state index contributed by atoms with van der Waals surface area (Å²) in [5.41, 5.74) is 3.68. The smallest absolute Gasteiger partial charge is 0.308 e. The number of amides is 1. The zero-order valence-corrected chi connectivity index (χ0v) is 14.3. The molecule has 3 rings (SSSR count). The van der Waals surface area contributed by atoms with Gasteiger partial charge in [-0.1, -0.05) is 18.2 Å². The van der Waals surface area contributed by atoms with E-state index in [0.717, 1.165) is 22.6 Å². The van der Waals surface area contributed by atoms with Crippen LogP contribution in [0.4, 0.5) is 0 Å². The number of likely N-dealkylation sites (tertiary alicyclic amines) is 1. The summed E-state index contributed by atoms with van der Waals surface area (Å²) >= 11 is 0. The number of para-hydroxylation sites is 1. The van der Waals surface area contributed by atoms with Crippen LogP contribution in [0.1, 0.15) is 23.4 Å². The predicted octanol–water partition coefficient (Wildman–Crippen LogP) is 2.44. The second-order valence-electron chi connectivity index (χ2n) is 6.27. The van der Waals surface area contributed by atoms with Gasteiger partial charge in [-0.2, -0.15) is 5.10 Å². The standard InChI is InChI=1S/C19H21N3O3/c1-13-17(14(2)22(20-13)16-6-4-3-5-7-16)8-9-18(23)21-11-10-15(12-21)19(24)25/h3-9,15H,10-12H2,1-2H3,(H,24,25)/b9-8+. The third-order valence-corrected chi connectivity index (χ3v) is 4.59. The molecule has 1 fully saturated rings. The molecule has 2 aromatic rings. The van der Waals surface area contributed by atoms with Crippen LogP contribution in [0.3, 0.4) is 0 Å². The SMILES string of the molecule is Cc1nn(-c2ccccc2)c(C)c1/C=C/C(=O)N1CCC(C(=O)O)C1. The lowest BCUT2D eigenvalue weighted by Gasteiger charge is -2.12. The van der Waals surface area contributed by atoms with E-state index in [1.54, 1.807) is 11.0 Å². The molecule has 1 aliphatic heterocycles. The fraction of sp³-hybridized carbons (Fsp3) is 0.316. The number of carbonyl (C=O) groups excluding carboxylic acids is 1. The minimum atomic E-state index is -0.838. The maximum absolute atomic E-state index is 12.3. The van der Waals surface area contributed by atoms with Crippen LogP contribution in [0.25, 0.3) is 11.8 Å². The Morgan fingerprint density at radius 2 is 1.96 bits per heavy atom. The van der Waals surface area contributed by atoms with Gasteiger partial charge in [0, 0.05) is 30.4 Å². The quantitative estimate of drug-likeness (QED) is 0.868. The van der Waals surface area contributed by atoms with Gasteiger partial charge in [0.1, 0.15) is 0 Å². The Kier molecular flexibility index (Phi) is 4.70. The van der Waals surface area contributed by atoms with E-state index in [-0.39, 0.29) is 12.5 Å². The summed E-state index contributed by atoms with van der Waals surface area (Å²) in [7, 11) is 0. The Morgan fingerprint density at radius 3 is 2.60 bits per heavy atom. The van der Waals surface area contributed by atoms with Crippen LogP contribution in [0.5, 0.6) is 0 Å². The molecule has 6 heteroatoms. The molecule has 1 aliphatic rings. The van der Waals surface area contributed by atoms with E-state index < -0.39 is 11.9 Å². The number of aliphatic carboxylic acids is 1. The number of nitrogens with zero attached hydrogens (tertiary/aromatic N) is 3. The first kappa shape index (κ1) is 17.0. The maximum Gasteiger partial charge on any atom is 0.308 e. The second-order valence-corrected chi connectivity index (χ2v) is 6.27. The number of benzene rings is 1. The predicted molar refractivity (Wildman–Crippen MR) is 94.4 cm³/mol. The van der Waals surface area contributed by atoms with Gasteiger partial charge >= 0.3 is 5.97 Å². The van der Waals surface area contributed by atoms with E-state index in [2.05, 4.69) is 5.10 Å². The Labute approximate surface area is 146 Å². The van der Waals surface area contributed by atoms with Crippen molar-refractivity contribution in [2.45, 2.75) is 20.3 Å². The number of carboxylic acid groups (broad SMARTS) is 1. The topological polar surface area (TPSA) is 75.4 Å². The Balaban J connectivity index is 1.77. The molecule has 1 aromatic carbocycles. The molecule has 6 nitrogen and oxygen atoms in total. The number of rotatable bonds is 4. The van der Waals surface area contributed by atoms with Gasteiger partial charge in [0.2, 0.25) is 5.91 Å². The van der Waals surface area contributed by atoms with Crippen molar-refractivity contribution in [1.82, 2.24) is 14.7 Å². The lowest BCUT2D eigenvalue weighted by atomic mass is 10.1. The van der Waals surface area contributed by atoms with Crippen molar-refractivity contribution in [3.8, 4) is 5.69 Å². The van der Waals surface area contributed by atoms with Crippen LogP contribution < -0.4 is 0 Å². The molecule has 1 aromatic heterocycles. The highest BCUT2D eigenvalue weighted by atomic mass is 16.4. The summed E-state index contributed by atoms with van der Waals surface area (Å²) in [6, 6.07) is 9.83. The van der Waals surface area contributed by atoms with Crippen LogP contribution >= 0.6 is 0 Å². The Bertz CT molecular complexity index is 824. The lowest BCUT2D eigenvalue weighted by Crippen LogP contribution is -2.28.